The van der Waals surface area contributed by atoms with Crippen molar-refractivity contribution in [2.24, 2.45) is 0 Å². The predicted molar refractivity (Wildman–Crippen MR) is 73.6 cm³/mol. The third-order valence-corrected chi connectivity index (χ3v) is 4.22. The molecule has 0 aliphatic carbocycles. The van der Waals surface area contributed by atoms with Crippen molar-refractivity contribution in [1.82, 2.24) is 4.98 Å². The van der Waals surface area contributed by atoms with E-state index in [2.05, 4.69) is 25.6 Å². The topological polar surface area (TPSA) is 85.1 Å². The number of nitrogens with zero attached hydrogens (tertiary/aromatic N) is 1. The van der Waals surface area contributed by atoms with Gasteiger partial charge < -0.3 is 5.73 Å². The molecule has 3 N–H and O–H groups in total. The molecule has 5 nitrogen and oxygen atoms in total. The Morgan fingerprint density at radius 1 is 1.17 bits per heavy atom. The molecule has 0 unspecified atom stereocenters. The van der Waals surface area contributed by atoms with E-state index in [1.807, 2.05) is 0 Å². The minimum Gasteiger partial charge on any atom is -0.399 e. The molecule has 0 saturated carbocycles. The fraction of sp³-hybridized carbons (Fsp3) is 0. The zero-order valence-electron chi connectivity index (χ0n) is 9.17. The molecule has 0 spiro atoms. The molecule has 18 heavy (non-hydrogen) atoms. The van der Waals surface area contributed by atoms with E-state index in [1.54, 1.807) is 6.07 Å². The first kappa shape index (κ1) is 12.8. The van der Waals surface area contributed by atoms with Crippen LogP contribution in [0.2, 0.25) is 0 Å². The van der Waals surface area contributed by atoms with Crippen molar-refractivity contribution in [2.75, 3.05) is 10.5 Å². The van der Waals surface area contributed by atoms with Gasteiger partial charge in [-0.15, -0.1) is 0 Å². The molecular weight excluding hydrogens is 318 g/mol. The fourth-order valence-corrected chi connectivity index (χ4v) is 2.87. The van der Waals surface area contributed by atoms with E-state index in [0.29, 0.717) is 15.8 Å². The molecule has 0 aliphatic heterocycles. The van der Waals surface area contributed by atoms with Crippen molar-refractivity contribution in [2.45, 2.75) is 4.90 Å². The van der Waals surface area contributed by atoms with Gasteiger partial charge in [-0.3, -0.25) is 9.71 Å². The zero-order valence-corrected chi connectivity index (χ0v) is 11.6. The van der Waals surface area contributed by atoms with E-state index in [-0.39, 0.29) is 4.90 Å². The highest BCUT2D eigenvalue weighted by molar-refractivity contribution is 9.10. The first-order chi connectivity index (χ1) is 8.49. The summed E-state index contributed by atoms with van der Waals surface area (Å²) in [4.78, 5) is 4.01. The van der Waals surface area contributed by atoms with E-state index in [1.165, 1.54) is 36.7 Å². The number of sulfonamides is 1. The second-order valence-electron chi connectivity index (χ2n) is 3.53. The van der Waals surface area contributed by atoms with E-state index in [0.717, 1.165) is 0 Å². The fourth-order valence-electron chi connectivity index (χ4n) is 1.31. The number of nitrogens with two attached hydrogens (primary N) is 1. The van der Waals surface area contributed by atoms with Crippen molar-refractivity contribution in [3.8, 4) is 0 Å². The van der Waals surface area contributed by atoms with Crippen LogP contribution >= 0.6 is 15.9 Å². The van der Waals surface area contributed by atoms with Gasteiger partial charge in [-0.1, -0.05) is 0 Å². The van der Waals surface area contributed by atoms with Gasteiger partial charge >= 0.3 is 0 Å². The van der Waals surface area contributed by atoms with Crippen LogP contribution in [0.4, 0.5) is 11.4 Å². The predicted octanol–water partition coefficient (Wildman–Crippen LogP) is 2.23. The summed E-state index contributed by atoms with van der Waals surface area (Å²) in [7, 11) is -3.62. The Kier molecular flexibility index (Phi) is 3.53. The summed E-state index contributed by atoms with van der Waals surface area (Å²) in [6.07, 6.45) is 3.02. The number of rotatable bonds is 3. The van der Waals surface area contributed by atoms with E-state index < -0.39 is 10.0 Å². The molecule has 0 radical (unpaired) electrons. The number of aromatic nitrogens is 1. The highest BCUT2D eigenvalue weighted by Gasteiger charge is 2.15. The van der Waals surface area contributed by atoms with Crippen LogP contribution in [0.5, 0.6) is 0 Å². The average Bonchev–Trinajstić information content (AvgIpc) is 2.32. The molecule has 1 aromatic carbocycles. The Hall–Kier alpha value is -1.60. The summed E-state index contributed by atoms with van der Waals surface area (Å²) in [5.74, 6) is 0. The second-order valence-corrected chi connectivity index (χ2v) is 6.07. The van der Waals surface area contributed by atoms with E-state index >= 15 is 0 Å². The van der Waals surface area contributed by atoms with Crippen molar-refractivity contribution in [3.63, 3.8) is 0 Å². The van der Waals surface area contributed by atoms with Gasteiger partial charge in [0.1, 0.15) is 0 Å². The number of benzene rings is 1. The number of anilines is 2. The summed E-state index contributed by atoms with van der Waals surface area (Å²) in [6, 6.07) is 7.55. The maximum atomic E-state index is 12.1. The van der Waals surface area contributed by atoms with Crippen molar-refractivity contribution >= 4 is 37.3 Å². The summed E-state index contributed by atoms with van der Waals surface area (Å²) >= 11 is 3.22. The van der Waals surface area contributed by atoms with Gasteiger partial charge in [0.05, 0.1) is 15.1 Å². The smallest absolute Gasteiger partial charge is 0.261 e. The molecule has 0 atom stereocenters. The van der Waals surface area contributed by atoms with E-state index in [4.69, 9.17) is 5.73 Å². The van der Waals surface area contributed by atoms with Gasteiger partial charge in [0.2, 0.25) is 0 Å². The molecule has 0 saturated heterocycles. The lowest BCUT2D eigenvalue weighted by molar-refractivity contribution is 0.601. The number of pyridine rings is 1. The second kappa shape index (κ2) is 4.95. The van der Waals surface area contributed by atoms with E-state index in [9.17, 15) is 8.42 Å². The summed E-state index contributed by atoms with van der Waals surface area (Å²) in [5, 5.41) is 0. The lowest BCUT2D eigenvalue weighted by Gasteiger charge is -2.09. The third kappa shape index (κ3) is 2.80. The molecule has 0 bridgehead atoms. The van der Waals surface area contributed by atoms with Crippen LogP contribution in [0.1, 0.15) is 0 Å². The molecule has 0 fully saturated rings. The number of hydrogen-bond donors (Lipinski definition) is 2. The van der Waals surface area contributed by atoms with Crippen LogP contribution in [0.3, 0.4) is 0 Å². The first-order valence-corrected chi connectivity index (χ1v) is 7.24. The van der Waals surface area contributed by atoms with Crippen LogP contribution < -0.4 is 10.5 Å². The minimum atomic E-state index is -3.62. The Bertz CT molecular complexity index is 656. The largest absolute Gasteiger partial charge is 0.399 e. The zero-order chi connectivity index (χ0) is 13.2. The number of nitrogen functional groups attached to an aromatic ring is 1. The SMILES string of the molecule is Nc1ccc(S(=O)(=O)Nc2ccncc2Br)cc1. The quantitative estimate of drug-likeness (QED) is 0.846. The maximum absolute atomic E-state index is 12.1. The number of nitrogens with one attached hydrogen (secondary N) is 1. The Labute approximate surface area is 113 Å². The Morgan fingerprint density at radius 3 is 2.44 bits per heavy atom. The highest BCUT2D eigenvalue weighted by atomic mass is 79.9. The van der Waals surface area contributed by atoms with Gasteiger partial charge in [0.15, 0.2) is 0 Å². The summed E-state index contributed by atoms with van der Waals surface area (Å²) in [5.41, 5.74) is 6.46. The molecule has 94 valence electrons. The molecule has 7 heteroatoms. The van der Waals surface area contributed by atoms with Crippen molar-refractivity contribution < 1.29 is 8.42 Å². The Balaban J connectivity index is 2.33. The average molecular weight is 328 g/mol. The van der Waals surface area contributed by atoms with Crippen molar-refractivity contribution in [3.05, 3.63) is 47.2 Å². The maximum Gasteiger partial charge on any atom is 0.261 e. The molecule has 0 amide bonds. The Morgan fingerprint density at radius 2 is 1.83 bits per heavy atom. The molecular formula is C11H10BrN3O2S. The molecule has 2 rings (SSSR count). The van der Waals surface area contributed by atoms with Gasteiger partial charge in [-0.05, 0) is 46.3 Å². The number of halogens is 1. The molecule has 2 aromatic rings. The van der Waals surface area contributed by atoms with Crippen LogP contribution in [-0.4, -0.2) is 13.4 Å². The normalized spacial score (nSPS) is 11.2. The molecule has 1 heterocycles. The van der Waals surface area contributed by atoms with Crippen LogP contribution in [-0.2, 0) is 10.0 Å². The van der Waals surface area contributed by atoms with Crippen molar-refractivity contribution in [1.29, 1.82) is 0 Å². The first-order valence-electron chi connectivity index (χ1n) is 4.97. The monoisotopic (exact) mass is 327 g/mol. The van der Waals surface area contributed by atoms with Gasteiger partial charge in [0, 0.05) is 18.1 Å². The molecule has 0 aliphatic rings. The molecule has 1 aromatic heterocycles. The van der Waals surface area contributed by atoms with Crippen LogP contribution in [0, 0.1) is 0 Å². The van der Waals surface area contributed by atoms with Crippen LogP contribution in [0.25, 0.3) is 0 Å². The van der Waals surface area contributed by atoms with Gasteiger partial charge in [-0.2, -0.15) is 0 Å². The third-order valence-electron chi connectivity index (χ3n) is 2.21. The van der Waals surface area contributed by atoms with Gasteiger partial charge in [0.25, 0.3) is 10.0 Å². The van der Waals surface area contributed by atoms with Crippen LogP contribution in [0.15, 0.2) is 52.1 Å². The summed E-state index contributed by atoms with van der Waals surface area (Å²) in [6.45, 7) is 0. The number of hydrogen-bond acceptors (Lipinski definition) is 4. The standard InChI is InChI=1S/C11H10BrN3O2S/c12-10-7-14-6-5-11(10)15-18(16,17)9-3-1-8(13)2-4-9/h1-7H,13H2,(H,14,15). The summed E-state index contributed by atoms with van der Waals surface area (Å²) < 4.78 is 27.2. The lowest BCUT2D eigenvalue weighted by Crippen LogP contribution is -2.13. The lowest BCUT2D eigenvalue weighted by atomic mass is 10.3. The van der Waals surface area contributed by atoms with Gasteiger partial charge in [-0.25, -0.2) is 8.42 Å². The minimum absolute atomic E-state index is 0.153. The highest BCUT2D eigenvalue weighted by Crippen LogP contribution is 2.23.